The molecular formula is C14H26O2. The molecule has 0 aromatic carbocycles. The molecule has 0 rings (SSSR count). The van der Waals surface area contributed by atoms with Crippen LogP contribution in [0.2, 0.25) is 0 Å². The van der Waals surface area contributed by atoms with Crippen molar-refractivity contribution in [3.63, 3.8) is 0 Å². The Morgan fingerprint density at radius 1 is 1.25 bits per heavy atom. The molecule has 94 valence electrons. The van der Waals surface area contributed by atoms with Crippen LogP contribution in [0.1, 0.15) is 59.8 Å². The fraction of sp³-hybridized carbons (Fsp3) is 0.786. The van der Waals surface area contributed by atoms with Crippen LogP contribution >= 0.6 is 0 Å². The van der Waals surface area contributed by atoms with Crippen molar-refractivity contribution >= 4 is 5.97 Å². The molecule has 2 nitrogen and oxygen atoms in total. The summed E-state index contributed by atoms with van der Waals surface area (Å²) in [6, 6.07) is 0. The van der Waals surface area contributed by atoms with E-state index in [1.54, 1.807) is 0 Å². The van der Waals surface area contributed by atoms with E-state index < -0.39 is 0 Å². The van der Waals surface area contributed by atoms with Crippen molar-refractivity contribution in [1.82, 2.24) is 0 Å². The van der Waals surface area contributed by atoms with E-state index in [-0.39, 0.29) is 5.97 Å². The molecule has 16 heavy (non-hydrogen) atoms. The third-order valence-corrected chi connectivity index (χ3v) is 3.10. The van der Waals surface area contributed by atoms with E-state index in [0.717, 1.165) is 24.3 Å². The highest BCUT2D eigenvalue weighted by molar-refractivity contribution is 5.88. The Bertz CT molecular complexity index is 215. The second-order valence-corrected chi connectivity index (χ2v) is 4.11. The number of allylic oxidation sites excluding steroid dienone is 1. The number of ether oxygens (including phenoxy) is 1. The number of hydrogen-bond donors (Lipinski definition) is 0. The maximum atomic E-state index is 11.5. The van der Waals surface area contributed by atoms with Gasteiger partial charge in [-0.2, -0.15) is 0 Å². The first-order chi connectivity index (χ1) is 7.69. The van der Waals surface area contributed by atoms with Gasteiger partial charge in [-0.3, -0.25) is 0 Å². The van der Waals surface area contributed by atoms with Crippen LogP contribution < -0.4 is 0 Å². The zero-order chi connectivity index (χ0) is 12.4. The molecule has 0 aliphatic rings. The van der Waals surface area contributed by atoms with Crippen LogP contribution in [0.4, 0.5) is 0 Å². The predicted molar refractivity (Wildman–Crippen MR) is 68.3 cm³/mol. The molecule has 0 N–H and O–H groups in total. The maximum absolute atomic E-state index is 11.5. The van der Waals surface area contributed by atoms with Gasteiger partial charge in [-0.05, 0) is 32.6 Å². The zero-order valence-electron chi connectivity index (χ0n) is 11.2. The number of hydrogen-bond acceptors (Lipinski definition) is 2. The topological polar surface area (TPSA) is 26.3 Å². The molecule has 0 bridgehead atoms. The zero-order valence-corrected chi connectivity index (χ0v) is 11.2. The van der Waals surface area contributed by atoms with Gasteiger partial charge in [-0.15, -0.1) is 0 Å². The highest BCUT2D eigenvalue weighted by Crippen LogP contribution is 2.18. The van der Waals surface area contributed by atoms with Crippen LogP contribution in [0.5, 0.6) is 0 Å². The summed E-state index contributed by atoms with van der Waals surface area (Å²) in [7, 11) is 0. The Morgan fingerprint density at radius 2 is 1.88 bits per heavy atom. The Morgan fingerprint density at radius 3 is 2.31 bits per heavy atom. The average molecular weight is 226 g/mol. The lowest BCUT2D eigenvalue weighted by molar-refractivity contribution is -0.138. The van der Waals surface area contributed by atoms with Crippen LogP contribution in [-0.2, 0) is 9.53 Å². The third-order valence-electron chi connectivity index (χ3n) is 3.10. The summed E-state index contributed by atoms with van der Waals surface area (Å²) in [5.74, 6) is 0.662. The van der Waals surface area contributed by atoms with Crippen molar-refractivity contribution in [1.29, 1.82) is 0 Å². The first kappa shape index (κ1) is 15.2. The SMILES string of the molecule is C/C=C(\CCCC(CC)CC)C(=O)OCC. The standard InChI is InChI=1S/C14H26O2/c1-5-12(6-2)10-9-11-13(7-3)14(15)16-8-4/h7,12H,5-6,8-11H2,1-4H3/b13-7+. The van der Waals surface area contributed by atoms with E-state index >= 15 is 0 Å². The quantitative estimate of drug-likeness (QED) is 0.460. The Balaban J connectivity index is 3.93. The van der Waals surface area contributed by atoms with E-state index in [4.69, 9.17) is 4.74 Å². The van der Waals surface area contributed by atoms with Gasteiger partial charge < -0.3 is 4.74 Å². The minimum atomic E-state index is -0.144. The highest BCUT2D eigenvalue weighted by Gasteiger charge is 2.10. The summed E-state index contributed by atoms with van der Waals surface area (Å²) in [4.78, 5) is 11.5. The number of carbonyl (C=O) groups excluding carboxylic acids is 1. The molecule has 0 aliphatic carbocycles. The molecule has 0 amide bonds. The van der Waals surface area contributed by atoms with Crippen molar-refractivity contribution in [3.8, 4) is 0 Å². The molecule has 0 saturated carbocycles. The summed E-state index contributed by atoms with van der Waals surface area (Å²) in [5, 5.41) is 0. The first-order valence-corrected chi connectivity index (χ1v) is 6.51. The van der Waals surface area contributed by atoms with Gasteiger partial charge in [0.05, 0.1) is 6.61 Å². The molecule has 0 atom stereocenters. The Kier molecular flexibility index (Phi) is 8.97. The molecule has 0 spiro atoms. The lowest BCUT2D eigenvalue weighted by Gasteiger charge is -2.12. The maximum Gasteiger partial charge on any atom is 0.333 e. The number of rotatable bonds is 8. The first-order valence-electron chi connectivity index (χ1n) is 6.51. The monoisotopic (exact) mass is 226 g/mol. The van der Waals surface area contributed by atoms with Gasteiger partial charge in [-0.25, -0.2) is 4.79 Å². The van der Waals surface area contributed by atoms with E-state index in [0.29, 0.717) is 6.61 Å². The Labute approximate surface area is 100 Å². The molecule has 0 unspecified atom stereocenters. The Hall–Kier alpha value is -0.790. The van der Waals surface area contributed by atoms with Crippen LogP contribution in [0.25, 0.3) is 0 Å². The van der Waals surface area contributed by atoms with Crippen molar-refractivity contribution in [2.45, 2.75) is 59.8 Å². The van der Waals surface area contributed by atoms with Crippen LogP contribution in [0.15, 0.2) is 11.6 Å². The summed E-state index contributed by atoms with van der Waals surface area (Å²) < 4.78 is 5.00. The van der Waals surface area contributed by atoms with Gasteiger partial charge in [0.2, 0.25) is 0 Å². The summed E-state index contributed by atoms with van der Waals surface area (Å²) in [6.45, 7) is 8.67. The van der Waals surface area contributed by atoms with E-state index in [2.05, 4.69) is 13.8 Å². The van der Waals surface area contributed by atoms with E-state index in [1.165, 1.54) is 19.3 Å². The molecule has 2 heteroatoms. The molecular weight excluding hydrogens is 200 g/mol. The fourth-order valence-corrected chi connectivity index (χ4v) is 1.87. The molecule has 0 aromatic heterocycles. The minimum Gasteiger partial charge on any atom is -0.463 e. The van der Waals surface area contributed by atoms with Crippen molar-refractivity contribution in [3.05, 3.63) is 11.6 Å². The second-order valence-electron chi connectivity index (χ2n) is 4.11. The molecule has 0 fully saturated rings. The van der Waals surface area contributed by atoms with Crippen molar-refractivity contribution in [2.24, 2.45) is 5.92 Å². The van der Waals surface area contributed by atoms with Crippen molar-refractivity contribution in [2.75, 3.05) is 6.61 Å². The third kappa shape index (κ3) is 5.94. The molecule has 0 heterocycles. The van der Waals surface area contributed by atoms with Crippen LogP contribution in [-0.4, -0.2) is 12.6 Å². The largest absolute Gasteiger partial charge is 0.463 e. The average Bonchev–Trinajstić information content (AvgIpc) is 2.30. The van der Waals surface area contributed by atoms with Gasteiger partial charge in [0.1, 0.15) is 0 Å². The van der Waals surface area contributed by atoms with E-state index in [1.807, 2.05) is 19.9 Å². The number of carbonyl (C=O) groups is 1. The van der Waals surface area contributed by atoms with Crippen molar-refractivity contribution < 1.29 is 9.53 Å². The molecule has 0 radical (unpaired) electrons. The summed E-state index contributed by atoms with van der Waals surface area (Å²) >= 11 is 0. The van der Waals surface area contributed by atoms with Crippen LogP contribution in [0.3, 0.4) is 0 Å². The fourth-order valence-electron chi connectivity index (χ4n) is 1.87. The molecule has 0 aliphatic heterocycles. The summed E-state index contributed by atoms with van der Waals surface area (Å²) in [5.41, 5.74) is 0.827. The lowest BCUT2D eigenvalue weighted by atomic mass is 9.95. The smallest absolute Gasteiger partial charge is 0.333 e. The summed E-state index contributed by atoms with van der Waals surface area (Å²) in [6.07, 6.45) is 7.51. The van der Waals surface area contributed by atoms with Gasteiger partial charge in [0.15, 0.2) is 0 Å². The second kappa shape index (κ2) is 9.44. The predicted octanol–water partition coefficient (Wildman–Crippen LogP) is 4.10. The normalized spacial score (nSPS) is 11.9. The van der Waals surface area contributed by atoms with Gasteiger partial charge in [0.25, 0.3) is 0 Å². The van der Waals surface area contributed by atoms with Crippen LogP contribution in [0, 0.1) is 5.92 Å². The van der Waals surface area contributed by atoms with Gasteiger partial charge >= 0.3 is 5.97 Å². The lowest BCUT2D eigenvalue weighted by Crippen LogP contribution is -2.08. The van der Waals surface area contributed by atoms with Gasteiger partial charge in [-0.1, -0.05) is 39.2 Å². The van der Waals surface area contributed by atoms with E-state index in [9.17, 15) is 4.79 Å². The number of esters is 1. The minimum absolute atomic E-state index is 0.144. The highest BCUT2D eigenvalue weighted by atomic mass is 16.5. The van der Waals surface area contributed by atoms with Gasteiger partial charge in [0, 0.05) is 5.57 Å². The molecule has 0 saturated heterocycles. The molecule has 0 aromatic rings.